The number of hydrogen-bond donors (Lipinski definition) is 1. The van der Waals surface area contributed by atoms with E-state index >= 15 is 0 Å². The zero-order valence-corrected chi connectivity index (χ0v) is 19.3. The van der Waals surface area contributed by atoms with Crippen molar-refractivity contribution in [2.75, 3.05) is 0 Å². The molecule has 0 heterocycles. The number of nitrogens with one attached hydrogen (secondary N) is 1. The lowest BCUT2D eigenvalue weighted by atomic mass is 10.2. The Balaban J connectivity index is 1.89. The van der Waals surface area contributed by atoms with Crippen LogP contribution >= 0.6 is 7.29 Å². The second-order valence-corrected chi connectivity index (χ2v) is 12.1. The van der Waals surface area contributed by atoms with E-state index in [1.54, 1.807) is 97.1 Å². The van der Waals surface area contributed by atoms with E-state index in [4.69, 9.17) is 0 Å². The van der Waals surface area contributed by atoms with Gasteiger partial charge in [-0.25, -0.2) is 13.5 Å². The van der Waals surface area contributed by atoms with Gasteiger partial charge in [0.15, 0.2) is 9.84 Å². The third-order valence-corrected chi connectivity index (χ3v) is 10.1. The van der Waals surface area contributed by atoms with E-state index in [-0.39, 0.29) is 4.90 Å². The molecule has 4 rings (SSSR count). The fraction of sp³-hybridized carbons (Fsp3) is 0.0769. The summed E-state index contributed by atoms with van der Waals surface area (Å²) in [6.07, 6.45) is 0. The minimum Gasteiger partial charge on any atom is -0.296 e. The highest BCUT2D eigenvalue weighted by Gasteiger charge is 2.37. The van der Waals surface area contributed by atoms with E-state index < -0.39 is 22.5 Å². The van der Waals surface area contributed by atoms with Crippen molar-refractivity contribution in [2.24, 2.45) is 0 Å². The van der Waals surface area contributed by atoms with E-state index in [9.17, 15) is 13.0 Å². The molecule has 1 atom stereocenters. The van der Waals surface area contributed by atoms with Gasteiger partial charge in [0, 0.05) is 10.6 Å². The summed E-state index contributed by atoms with van der Waals surface area (Å²) in [6, 6.07) is 33.6. The molecule has 0 saturated heterocycles. The summed E-state index contributed by atoms with van der Waals surface area (Å²) in [5.41, 5.74) is 1.49. The van der Waals surface area contributed by atoms with Crippen molar-refractivity contribution < 1.29 is 13.0 Å². The third kappa shape index (κ3) is 4.46. The van der Waals surface area contributed by atoms with Gasteiger partial charge < -0.3 is 0 Å². The maximum absolute atomic E-state index is 14.6. The molecule has 0 saturated carbocycles. The molecule has 0 unspecified atom stereocenters. The van der Waals surface area contributed by atoms with Gasteiger partial charge in [-0.15, -0.1) is 0 Å². The molecule has 0 aliphatic rings. The van der Waals surface area contributed by atoms with Crippen molar-refractivity contribution in [3.05, 3.63) is 126 Å². The van der Waals surface area contributed by atoms with Gasteiger partial charge in [-0.2, -0.15) is 0 Å². The van der Waals surface area contributed by atoms with Gasteiger partial charge in [0.2, 0.25) is 7.29 Å². The second-order valence-electron chi connectivity index (χ2n) is 7.56. The molecule has 4 aromatic carbocycles. The Morgan fingerprint density at radius 3 is 1.56 bits per heavy atom. The zero-order chi connectivity index (χ0) is 22.6. The van der Waals surface area contributed by atoms with Gasteiger partial charge >= 0.3 is 0 Å². The fourth-order valence-corrected chi connectivity index (χ4v) is 8.12. The van der Waals surface area contributed by atoms with E-state index in [0.717, 1.165) is 5.56 Å². The summed E-state index contributed by atoms with van der Waals surface area (Å²) >= 11 is 0. The first kappa shape index (κ1) is 22.2. The monoisotopic (exact) mass is 461 g/mol. The standard InChI is InChI=1S/C26H24NO3PS/c1-21-17-19-25(20-18-21)32(29,30)26(22-11-5-2-6-12-22)27-31(28,23-13-7-3-8-14-23)24-15-9-4-10-16-24/h2-20,26H,1H3,(H,27,28)/t26-/m0/s1. The minimum atomic E-state index is -3.90. The van der Waals surface area contributed by atoms with Crippen LogP contribution in [0.2, 0.25) is 0 Å². The maximum Gasteiger partial charge on any atom is 0.205 e. The quantitative estimate of drug-likeness (QED) is 0.394. The lowest BCUT2D eigenvalue weighted by Crippen LogP contribution is -2.34. The molecule has 0 radical (unpaired) electrons. The number of benzene rings is 4. The normalized spacial score (nSPS) is 12.9. The lowest BCUT2D eigenvalue weighted by molar-refractivity contribution is 0.560. The van der Waals surface area contributed by atoms with E-state index in [1.807, 2.05) is 25.1 Å². The van der Waals surface area contributed by atoms with Crippen LogP contribution in [0, 0.1) is 6.92 Å². The molecule has 162 valence electrons. The molecule has 4 nitrogen and oxygen atoms in total. The van der Waals surface area contributed by atoms with Crippen molar-refractivity contribution in [3.8, 4) is 0 Å². The average molecular weight is 462 g/mol. The summed E-state index contributed by atoms with van der Waals surface area (Å²) in [4.78, 5) is 0.178. The molecule has 0 aromatic heterocycles. The van der Waals surface area contributed by atoms with Crippen LogP contribution in [0.1, 0.15) is 16.5 Å². The van der Waals surface area contributed by atoms with E-state index in [0.29, 0.717) is 16.2 Å². The maximum atomic E-state index is 14.6. The van der Waals surface area contributed by atoms with Crippen molar-refractivity contribution in [3.63, 3.8) is 0 Å². The highest BCUT2D eigenvalue weighted by molar-refractivity contribution is 7.92. The fourth-order valence-electron chi connectivity index (χ4n) is 3.55. The first-order chi connectivity index (χ1) is 15.4. The molecule has 0 aliphatic heterocycles. The first-order valence-electron chi connectivity index (χ1n) is 10.3. The smallest absolute Gasteiger partial charge is 0.205 e. The van der Waals surface area contributed by atoms with Gasteiger partial charge in [-0.3, -0.25) is 4.57 Å². The highest BCUT2D eigenvalue weighted by Crippen LogP contribution is 2.44. The summed E-state index contributed by atoms with van der Waals surface area (Å²) in [6.45, 7) is 1.91. The van der Waals surface area contributed by atoms with Crippen LogP contribution in [0.3, 0.4) is 0 Å². The van der Waals surface area contributed by atoms with E-state index in [1.165, 1.54) is 0 Å². The second kappa shape index (κ2) is 9.25. The predicted molar refractivity (Wildman–Crippen MR) is 130 cm³/mol. The predicted octanol–water partition coefficient (Wildman–Crippen LogP) is 4.99. The van der Waals surface area contributed by atoms with Gasteiger partial charge in [0.25, 0.3) is 0 Å². The number of hydrogen-bond acceptors (Lipinski definition) is 3. The first-order valence-corrected chi connectivity index (χ1v) is 13.5. The Hall–Kier alpha value is -2.98. The minimum absolute atomic E-state index is 0.178. The Labute approximate surface area is 189 Å². The van der Waals surface area contributed by atoms with Crippen molar-refractivity contribution in [1.82, 2.24) is 5.09 Å². The van der Waals surface area contributed by atoms with Gasteiger partial charge in [0.05, 0.1) is 4.90 Å². The van der Waals surface area contributed by atoms with E-state index in [2.05, 4.69) is 5.09 Å². The van der Waals surface area contributed by atoms with Crippen LogP contribution in [0.15, 0.2) is 120 Å². The van der Waals surface area contributed by atoms with Crippen LogP contribution in [-0.4, -0.2) is 8.42 Å². The number of sulfone groups is 1. The van der Waals surface area contributed by atoms with Crippen molar-refractivity contribution >= 4 is 27.7 Å². The Kier molecular flexibility index (Phi) is 6.43. The number of aryl methyl sites for hydroxylation is 1. The molecule has 0 amide bonds. The molecular weight excluding hydrogens is 437 g/mol. The van der Waals surface area contributed by atoms with Crippen LogP contribution in [0.4, 0.5) is 0 Å². The SMILES string of the molecule is Cc1ccc(S(=O)(=O)[C@H](NP(=O)(c2ccccc2)c2ccccc2)c2ccccc2)cc1. The zero-order valence-electron chi connectivity index (χ0n) is 17.6. The van der Waals surface area contributed by atoms with Gasteiger partial charge in [-0.05, 0) is 48.9 Å². The van der Waals surface area contributed by atoms with Crippen molar-refractivity contribution in [2.45, 2.75) is 17.2 Å². The molecule has 32 heavy (non-hydrogen) atoms. The largest absolute Gasteiger partial charge is 0.296 e. The van der Waals surface area contributed by atoms with Crippen LogP contribution in [-0.2, 0) is 14.4 Å². The molecule has 0 aliphatic carbocycles. The van der Waals surface area contributed by atoms with Gasteiger partial charge in [-0.1, -0.05) is 84.4 Å². The number of rotatable bonds is 7. The molecular formula is C26H24NO3PS. The summed E-state index contributed by atoms with van der Waals surface area (Å²) in [7, 11) is -7.40. The molecule has 0 spiro atoms. The molecule has 0 fully saturated rings. The third-order valence-electron chi connectivity index (χ3n) is 5.30. The lowest BCUT2D eigenvalue weighted by Gasteiger charge is -2.27. The summed E-state index contributed by atoms with van der Waals surface area (Å²) < 4.78 is 42.2. The highest BCUT2D eigenvalue weighted by atomic mass is 32.2. The summed E-state index contributed by atoms with van der Waals surface area (Å²) in [5, 5.41) is 3.00. The average Bonchev–Trinajstić information content (AvgIpc) is 2.84. The Bertz CT molecular complexity index is 1280. The summed E-state index contributed by atoms with van der Waals surface area (Å²) in [5.74, 6) is 0. The van der Waals surface area contributed by atoms with Gasteiger partial charge in [0.1, 0.15) is 5.37 Å². The Morgan fingerprint density at radius 2 is 1.09 bits per heavy atom. The topological polar surface area (TPSA) is 63.2 Å². The Morgan fingerprint density at radius 1 is 0.656 bits per heavy atom. The molecule has 4 aromatic rings. The van der Waals surface area contributed by atoms with Crippen molar-refractivity contribution in [1.29, 1.82) is 0 Å². The van der Waals surface area contributed by atoms with Crippen LogP contribution < -0.4 is 15.7 Å². The molecule has 1 N–H and O–H groups in total. The van der Waals surface area contributed by atoms with Crippen LogP contribution in [0.25, 0.3) is 0 Å². The molecule has 0 bridgehead atoms. The van der Waals surface area contributed by atoms with Crippen LogP contribution in [0.5, 0.6) is 0 Å². The molecule has 6 heteroatoms.